The van der Waals surface area contributed by atoms with Crippen LogP contribution in [-0.2, 0) is 11.2 Å². The van der Waals surface area contributed by atoms with Gasteiger partial charge in [-0.1, -0.05) is 54.7 Å². The summed E-state index contributed by atoms with van der Waals surface area (Å²) in [5, 5.41) is 26.9. The topological polar surface area (TPSA) is 120 Å². The average molecular weight is 518 g/mol. The lowest BCUT2D eigenvalue weighted by Crippen LogP contribution is -2.29. The summed E-state index contributed by atoms with van der Waals surface area (Å²) in [6.45, 7) is 1.88. The van der Waals surface area contributed by atoms with Crippen LogP contribution in [0, 0.1) is 0 Å². The van der Waals surface area contributed by atoms with Crippen LogP contribution < -0.4 is 10.6 Å². The van der Waals surface area contributed by atoms with Crippen molar-refractivity contribution in [2.75, 3.05) is 10.6 Å². The summed E-state index contributed by atoms with van der Waals surface area (Å²) in [6, 6.07) is 18.0. The summed E-state index contributed by atoms with van der Waals surface area (Å²) in [5.74, 6) is -0.132. The van der Waals surface area contributed by atoms with Crippen molar-refractivity contribution in [3.05, 3.63) is 71.4 Å². The van der Waals surface area contributed by atoms with Gasteiger partial charge >= 0.3 is 5.97 Å². The fourth-order valence-electron chi connectivity index (χ4n) is 4.80. The van der Waals surface area contributed by atoms with Gasteiger partial charge in [-0.25, -0.2) is 9.97 Å². The Labute approximate surface area is 219 Å². The molecule has 2 aromatic heterocycles. The first-order chi connectivity index (χ1) is 18.0. The lowest BCUT2D eigenvalue weighted by atomic mass is 9.93. The number of aliphatic hydroxyl groups is 1. The Morgan fingerprint density at radius 1 is 1.05 bits per heavy atom. The van der Waals surface area contributed by atoms with Gasteiger partial charge in [-0.15, -0.1) is 0 Å². The van der Waals surface area contributed by atoms with Gasteiger partial charge in [0.2, 0.25) is 5.95 Å². The highest BCUT2D eigenvalue weighted by atomic mass is 32.1. The van der Waals surface area contributed by atoms with Gasteiger partial charge in [-0.3, -0.25) is 4.79 Å². The van der Waals surface area contributed by atoms with Crippen molar-refractivity contribution in [1.29, 1.82) is 0 Å². The van der Waals surface area contributed by atoms with E-state index < -0.39 is 11.9 Å². The zero-order chi connectivity index (χ0) is 25.8. The minimum atomic E-state index is -0.816. The highest BCUT2D eigenvalue weighted by Gasteiger charge is 2.21. The predicted octanol–water partition coefficient (Wildman–Crippen LogP) is 5.71. The third kappa shape index (κ3) is 6.23. The minimum Gasteiger partial charge on any atom is -0.481 e. The van der Waals surface area contributed by atoms with E-state index in [1.807, 2.05) is 49.4 Å². The molecule has 0 radical (unpaired) electrons. The van der Waals surface area contributed by atoms with Gasteiger partial charge in [-0.2, -0.15) is 4.98 Å². The number of thiazole rings is 1. The second-order valence-electron chi connectivity index (χ2n) is 9.55. The molecule has 2 aromatic carbocycles. The van der Waals surface area contributed by atoms with Gasteiger partial charge in [0.1, 0.15) is 5.82 Å². The van der Waals surface area contributed by atoms with E-state index in [1.54, 1.807) is 0 Å². The number of nitrogens with zero attached hydrogens (tertiary/aromatic N) is 3. The molecule has 0 saturated heterocycles. The monoisotopic (exact) mass is 517 g/mol. The molecular formula is C28H31N5O3S. The third-order valence-corrected chi connectivity index (χ3v) is 7.73. The SMILES string of the molecule is CCC(C(=O)O)c1ccc2nc(Nc3cc(Cc4ccccc4)nc(N[C@H]4CC[C@H](O)CC4)n3)sc2c1. The van der Waals surface area contributed by atoms with E-state index in [4.69, 9.17) is 15.0 Å². The molecule has 1 atom stereocenters. The van der Waals surface area contributed by atoms with Gasteiger partial charge < -0.3 is 20.8 Å². The number of aliphatic hydroxyl groups excluding tert-OH is 1. The van der Waals surface area contributed by atoms with Crippen molar-refractivity contribution in [3.63, 3.8) is 0 Å². The second-order valence-corrected chi connectivity index (χ2v) is 10.6. The molecule has 0 aliphatic heterocycles. The van der Waals surface area contributed by atoms with Crippen LogP contribution in [0.1, 0.15) is 61.8 Å². The normalized spacial score (nSPS) is 18.4. The fourth-order valence-corrected chi connectivity index (χ4v) is 5.72. The first kappa shape index (κ1) is 25.1. The maximum absolute atomic E-state index is 11.6. The Balaban J connectivity index is 1.41. The number of anilines is 3. The summed E-state index contributed by atoms with van der Waals surface area (Å²) in [7, 11) is 0. The number of carbonyl (C=O) groups is 1. The van der Waals surface area contributed by atoms with E-state index in [0.29, 0.717) is 29.7 Å². The maximum atomic E-state index is 11.6. The molecule has 1 aliphatic rings. The van der Waals surface area contributed by atoms with Crippen LogP contribution >= 0.6 is 11.3 Å². The summed E-state index contributed by atoms with van der Waals surface area (Å²) in [6.07, 6.45) is 4.31. The van der Waals surface area contributed by atoms with Gasteiger partial charge in [0.15, 0.2) is 5.13 Å². The van der Waals surface area contributed by atoms with Crippen molar-refractivity contribution in [3.8, 4) is 0 Å². The van der Waals surface area contributed by atoms with E-state index in [-0.39, 0.29) is 12.1 Å². The number of nitrogens with one attached hydrogen (secondary N) is 2. The summed E-state index contributed by atoms with van der Waals surface area (Å²) < 4.78 is 0.928. The smallest absolute Gasteiger partial charge is 0.310 e. The van der Waals surface area contributed by atoms with E-state index >= 15 is 0 Å². The molecule has 0 bridgehead atoms. The van der Waals surface area contributed by atoms with Crippen molar-refractivity contribution in [1.82, 2.24) is 15.0 Å². The molecule has 4 N–H and O–H groups in total. The number of carboxylic acid groups (broad SMARTS) is 1. The van der Waals surface area contributed by atoms with Crippen molar-refractivity contribution < 1.29 is 15.0 Å². The molecule has 9 heteroatoms. The van der Waals surface area contributed by atoms with Gasteiger partial charge in [-0.05, 0) is 55.4 Å². The number of aromatic nitrogens is 3. The molecule has 1 fully saturated rings. The van der Waals surface area contributed by atoms with Crippen LogP contribution in [-0.4, -0.2) is 43.3 Å². The highest BCUT2D eigenvalue weighted by molar-refractivity contribution is 7.22. The number of hydrogen-bond donors (Lipinski definition) is 4. The maximum Gasteiger partial charge on any atom is 0.310 e. The van der Waals surface area contributed by atoms with Crippen LogP contribution in [0.5, 0.6) is 0 Å². The number of aliphatic carboxylic acids is 1. The largest absolute Gasteiger partial charge is 0.481 e. The van der Waals surface area contributed by atoms with E-state index in [9.17, 15) is 15.0 Å². The molecule has 0 spiro atoms. The third-order valence-electron chi connectivity index (χ3n) is 6.79. The van der Waals surface area contributed by atoms with Crippen molar-refractivity contribution >= 4 is 44.4 Å². The molecule has 1 aliphatic carbocycles. The van der Waals surface area contributed by atoms with Crippen molar-refractivity contribution in [2.24, 2.45) is 0 Å². The Hall–Kier alpha value is -3.56. The molecule has 1 saturated carbocycles. The van der Waals surface area contributed by atoms with Crippen molar-refractivity contribution in [2.45, 2.75) is 63.5 Å². The molecule has 4 aromatic rings. The average Bonchev–Trinajstić information content (AvgIpc) is 3.28. The zero-order valence-electron chi connectivity index (χ0n) is 20.7. The summed E-state index contributed by atoms with van der Waals surface area (Å²) >= 11 is 1.47. The van der Waals surface area contributed by atoms with Crippen LogP contribution in [0.2, 0.25) is 0 Å². The number of benzene rings is 2. The summed E-state index contributed by atoms with van der Waals surface area (Å²) in [4.78, 5) is 25.8. The fraction of sp³-hybridized carbons (Fsp3) is 0.357. The molecule has 8 nitrogen and oxygen atoms in total. The van der Waals surface area contributed by atoms with Crippen LogP contribution in [0.4, 0.5) is 16.9 Å². The van der Waals surface area contributed by atoms with Crippen LogP contribution in [0.25, 0.3) is 10.2 Å². The standard InChI is InChI=1S/C28H31N5O3S/c1-2-22(26(35)36)18-8-13-23-24(15-18)37-28(31-23)33-25-16-20(14-17-6-4-3-5-7-17)30-27(32-25)29-19-9-11-21(34)12-10-19/h3-8,13,15-16,19,21-22,34H,2,9-12,14H2,1H3,(H,35,36)(H2,29,30,31,32,33)/t19-,21-,22?. The molecule has 37 heavy (non-hydrogen) atoms. The van der Waals surface area contributed by atoms with Gasteiger partial charge in [0.25, 0.3) is 0 Å². The van der Waals surface area contributed by atoms with Crippen LogP contribution in [0.3, 0.4) is 0 Å². The molecule has 0 amide bonds. The lowest BCUT2D eigenvalue weighted by molar-refractivity contribution is -0.138. The van der Waals surface area contributed by atoms with Gasteiger partial charge in [0, 0.05) is 18.5 Å². The quantitative estimate of drug-likeness (QED) is 0.223. The lowest BCUT2D eigenvalue weighted by Gasteiger charge is -2.26. The Morgan fingerprint density at radius 3 is 2.57 bits per heavy atom. The van der Waals surface area contributed by atoms with Crippen LogP contribution in [0.15, 0.2) is 54.6 Å². The predicted molar refractivity (Wildman–Crippen MR) is 147 cm³/mol. The number of hydrogen-bond acceptors (Lipinski definition) is 8. The molecular weight excluding hydrogens is 486 g/mol. The van der Waals surface area contributed by atoms with Gasteiger partial charge in [0.05, 0.1) is 27.9 Å². The first-order valence-corrected chi connectivity index (χ1v) is 13.5. The van der Waals surface area contributed by atoms with E-state index in [1.165, 1.54) is 11.3 Å². The second kappa shape index (κ2) is 11.2. The number of carboxylic acids is 1. The molecule has 1 unspecified atom stereocenters. The zero-order valence-corrected chi connectivity index (χ0v) is 21.5. The Morgan fingerprint density at radius 2 is 1.84 bits per heavy atom. The summed E-state index contributed by atoms with van der Waals surface area (Å²) in [5.41, 5.74) is 3.65. The number of rotatable bonds is 9. The molecule has 2 heterocycles. The first-order valence-electron chi connectivity index (χ1n) is 12.7. The number of fused-ring (bicyclic) bond motifs is 1. The minimum absolute atomic E-state index is 0.219. The highest BCUT2D eigenvalue weighted by Crippen LogP contribution is 2.32. The van der Waals surface area contributed by atoms with E-state index in [2.05, 4.69) is 22.8 Å². The molecule has 192 valence electrons. The molecule has 5 rings (SSSR count). The Bertz CT molecular complexity index is 1370. The van der Waals surface area contributed by atoms with E-state index in [0.717, 1.165) is 52.7 Å². The Kier molecular flexibility index (Phi) is 7.62.